The van der Waals surface area contributed by atoms with Crippen LogP contribution in [0.25, 0.3) is 5.69 Å². The number of benzene rings is 1. The smallest absolute Gasteiger partial charge is 0.174 e. The van der Waals surface area contributed by atoms with Crippen LogP contribution in [-0.2, 0) is 0 Å². The van der Waals surface area contributed by atoms with Crippen LogP contribution in [0.2, 0.25) is 0 Å². The van der Waals surface area contributed by atoms with Crippen LogP contribution < -0.4 is 4.74 Å². The van der Waals surface area contributed by atoms with Gasteiger partial charge in [0.15, 0.2) is 6.61 Å². The van der Waals surface area contributed by atoms with Gasteiger partial charge < -0.3 is 4.74 Å². The van der Waals surface area contributed by atoms with Crippen LogP contribution in [0.1, 0.15) is 5.56 Å². The van der Waals surface area contributed by atoms with E-state index < -0.39 is 0 Å². The number of nitrogens with zero attached hydrogens (tertiary/aromatic N) is 5. The molecule has 0 atom stereocenters. The summed E-state index contributed by atoms with van der Waals surface area (Å²) in [5, 5.41) is 19.3. The SMILES string of the molecule is Cc1ccc(-n2cnnn2)cc1OCC#N. The molecule has 1 aromatic heterocycles. The van der Waals surface area contributed by atoms with Crippen LogP contribution in [0, 0.1) is 18.3 Å². The highest BCUT2D eigenvalue weighted by Crippen LogP contribution is 2.21. The van der Waals surface area contributed by atoms with Crippen LogP contribution in [0.5, 0.6) is 5.75 Å². The fourth-order valence-corrected chi connectivity index (χ4v) is 1.28. The summed E-state index contributed by atoms with van der Waals surface area (Å²) in [6.45, 7) is 1.94. The van der Waals surface area contributed by atoms with Gasteiger partial charge in [-0.15, -0.1) is 5.10 Å². The first-order valence-corrected chi connectivity index (χ1v) is 4.65. The second-order valence-corrected chi connectivity index (χ2v) is 3.15. The van der Waals surface area contributed by atoms with E-state index in [4.69, 9.17) is 10.00 Å². The maximum atomic E-state index is 8.46. The quantitative estimate of drug-likeness (QED) is 0.759. The molecule has 0 unspecified atom stereocenters. The zero-order valence-electron chi connectivity index (χ0n) is 8.66. The normalized spacial score (nSPS) is 9.75. The first kappa shape index (κ1) is 10.1. The van der Waals surface area contributed by atoms with Crippen molar-refractivity contribution >= 4 is 0 Å². The highest BCUT2D eigenvalue weighted by molar-refractivity contribution is 5.43. The second kappa shape index (κ2) is 4.40. The van der Waals surface area contributed by atoms with Crippen molar-refractivity contribution in [3.05, 3.63) is 30.1 Å². The minimum atomic E-state index is 0.0277. The lowest BCUT2D eigenvalue weighted by Gasteiger charge is -2.07. The molecule has 80 valence electrons. The summed E-state index contributed by atoms with van der Waals surface area (Å²) in [5.74, 6) is 0.662. The number of aromatic nitrogens is 4. The summed E-state index contributed by atoms with van der Waals surface area (Å²) in [4.78, 5) is 0. The van der Waals surface area contributed by atoms with E-state index in [1.165, 1.54) is 11.0 Å². The first-order chi connectivity index (χ1) is 7.81. The summed E-state index contributed by atoms with van der Waals surface area (Å²) in [6.07, 6.45) is 1.50. The van der Waals surface area contributed by atoms with Crippen molar-refractivity contribution in [2.45, 2.75) is 6.92 Å². The summed E-state index contributed by atoms with van der Waals surface area (Å²) in [6, 6.07) is 7.50. The molecule has 0 spiro atoms. The van der Waals surface area contributed by atoms with Crippen LogP contribution in [-0.4, -0.2) is 26.8 Å². The van der Waals surface area contributed by atoms with Crippen molar-refractivity contribution in [2.75, 3.05) is 6.61 Å². The monoisotopic (exact) mass is 215 g/mol. The molecule has 0 bridgehead atoms. The lowest BCUT2D eigenvalue weighted by molar-refractivity contribution is 0.365. The number of aryl methyl sites for hydroxylation is 1. The van der Waals surface area contributed by atoms with Gasteiger partial charge in [-0.25, -0.2) is 4.68 Å². The standard InChI is InChI=1S/C10H9N5O/c1-8-2-3-9(15-7-12-13-14-15)6-10(8)16-5-4-11/h2-3,6-7H,5H2,1H3. The van der Waals surface area contributed by atoms with Gasteiger partial charge >= 0.3 is 0 Å². The van der Waals surface area contributed by atoms with Crippen LogP contribution in [0.4, 0.5) is 0 Å². The third-order valence-corrected chi connectivity index (χ3v) is 2.08. The molecule has 0 radical (unpaired) electrons. The molecule has 0 aliphatic carbocycles. The fourth-order valence-electron chi connectivity index (χ4n) is 1.28. The molecule has 0 amide bonds. The Morgan fingerprint density at radius 2 is 2.38 bits per heavy atom. The van der Waals surface area contributed by atoms with Crippen molar-refractivity contribution < 1.29 is 4.74 Å². The van der Waals surface area contributed by atoms with Gasteiger partial charge in [0.2, 0.25) is 0 Å². The maximum absolute atomic E-state index is 8.46. The summed E-state index contributed by atoms with van der Waals surface area (Å²) < 4.78 is 6.81. The van der Waals surface area contributed by atoms with Crippen LogP contribution in [0.15, 0.2) is 24.5 Å². The molecular weight excluding hydrogens is 206 g/mol. The molecule has 6 nitrogen and oxygen atoms in total. The third-order valence-electron chi connectivity index (χ3n) is 2.08. The van der Waals surface area contributed by atoms with Gasteiger partial charge in [-0.1, -0.05) is 6.07 Å². The van der Waals surface area contributed by atoms with Crippen LogP contribution in [0.3, 0.4) is 0 Å². The molecular formula is C10H9N5O. The largest absolute Gasteiger partial charge is 0.478 e. The first-order valence-electron chi connectivity index (χ1n) is 4.65. The number of nitriles is 1. The second-order valence-electron chi connectivity index (χ2n) is 3.15. The van der Waals surface area contributed by atoms with E-state index in [0.717, 1.165) is 11.3 Å². The molecule has 0 fully saturated rings. The highest BCUT2D eigenvalue weighted by atomic mass is 16.5. The van der Waals surface area contributed by atoms with E-state index in [9.17, 15) is 0 Å². The molecule has 2 aromatic rings. The van der Waals surface area contributed by atoms with Gasteiger partial charge in [-0.05, 0) is 29.0 Å². The summed E-state index contributed by atoms with van der Waals surface area (Å²) in [5.41, 5.74) is 1.76. The maximum Gasteiger partial charge on any atom is 0.174 e. The summed E-state index contributed by atoms with van der Waals surface area (Å²) in [7, 11) is 0. The van der Waals surface area contributed by atoms with E-state index in [1.807, 2.05) is 25.1 Å². The Hall–Kier alpha value is -2.42. The number of ether oxygens (including phenoxy) is 1. The van der Waals surface area contributed by atoms with Gasteiger partial charge in [0.25, 0.3) is 0 Å². The van der Waals surface area contributed by atoms with E-state index in [0.29, 0.717) is 5.75 Å². The number of tetrazole rings is 1. The van der Waals surface area contributed by atoms with Crippen molar-refractivity contribution in [1.82, 2.24) is 20.2 Å². The predicted octanol–water partition coefficient (Wildman–Crippen LogP) is 0.873. The van der Waals surface area contributed by atoms with E-state index >= 15 is 0 Å². The van der Waals surface area contributed by atoms with E-state index in [2.05, 4.69) is 15.5 Å². The molecule has 0 saturated heterocycles. The van der Waals surface area contributed by atoms with Gasteiger partial charge in [0.1, 0.15) is 18.1 Å². The zero-order chi connectivity index (χ0) is 11.4. The number of hydrogen-bond acceptors (Lipinski definition) is 5. The topological polar surface area (TPSA) is 76.6 Å². The van der Waals surface area contributed by atoms with Crippen molar-refractivity contribution in [1.29, 1.82) is 5.26 Å². The molecule has 0 N–H and O–H groups in total. The molecule has 6 heteroatoms. The third kappa shape index (κ3) is 1.98. The minimum Gasteiger partial charge on any atom is -0.478 e. The molecule has 0 aliphatic heterocycles. The summed E-state index contributed by atoms with van der Waals surface area (Å²) >= 11 is 0. The molecule has 1 aromatic carbocycles. The Balaban J connectivity index is 2.33. The fraction of sp³-hybridized carbons (Fsp3) is 0.200. The Kier molecular flexibility index (Phi) is 2.78. The molecule has 16 heavy (non-hydrogen) atoms. The van der Waals surface area contributed by atoms with Gasteiger partial charge in [-0.2, -0.15) is 5.26 Å². The van der Waals surface area contributed by atoms with Crippen molar-refractivity contribution in [2.24, 2.45) is 0 Å². The number of hydrogen-bond donors (Lipinski definition) is 0. The Labute approximate surface area is 92.1 Å². The highest BCUT2D eigenvalue weighted by Gasteiger charge is 2.03. The Morgan fingerprint density at radius 1 is 1.50 bits per heavy atom. The van der Waals surface area contributed by atoms with Gasteiger partial charge in [0.05, 0.1) is 5.69 Å². The van der Waals surface area contributed by atoms with Crippen LogP contribution >= 0.6 is 0 Å². The average molecular weight is 215 g/mol. The minimum absolute atomic E-state index is 0.0277. The van der Waals surface area contributed by atoms with E-state index in [1.54, 1.807) is 6.07 Å². The van der Waals surface area contributed by atoms with E-state index in [-0.39, 0.29) is 6.61 Å². The zero-order valence-corrected chi connectivity index (χ0v) is 8.66. The number of rotatable bonds is 3. The molecule has 0 saturated carbocycles. The predicted molar refractivity (Wildman–Crippen MR) is 55.0 cm³/mol. The molecule has 2 rings (SSSR count). The van der Waals surface area contributed by atoms with Gasteiger partial charge in [0, 0.05) is 6.07 Å². The lowest BCUT2D eigenvalue weighted by Crippen LogP contribution is -1.99. The van der Waals surface area contributed by atoms with Gasteiger partial charge in [-0.3, -0.25) is 0 Å². The molecule has 0 aliphatic rings. The molecule has 1 heterocycles. The lowest BCUT2D eigenvalue weighted by atomic mass is 10.2. The Bertz CT molecular complexity index is 515. The van der Waals surface area contributed by atoms with Crippen molar-refractivity contribution in [3.8, 4) is 17.5 Å². The average Bonchev–Trinajstić information content (AvgIpc) is 2.81. The Morgan fingerprint density at radius 3 is 3.06 bits per heavy atom. The van der Waals surface area contributed by atoms with Crippen molar-refractivity contribution in [3.63, 3.8) is 0 Å².